The standard InChI is InChI=1S/C11H14N4/c1-3-10(13-4-2)9-7-14-15-6-5-12-8-11(9)15/h3,5-8,10,13H,1,4H2,2H3. The molecular weight excluding hydrogens is 188 g/mol. The molecule has 0 aliphatic heterocycles. The van der Waals surface area contributed by atoms with Crippen molar-refractivity contribution in [3.05, 3.63) is 43.0 Å². The van der Waals surface area contributed by atoms with E-state index in [1.807, 2.05) is 29.2 Å². The van der Waals surface area contributed by atoms with Crippen LogP contribution in [-0.4, -0.2) is 21.1 Å². The topological polar surface area (TPSA) is 42.2 Å². The second-order valence-corrected chi connectivity index (χ2v) is 3.28. The molecule has 2 rings (SSSR count). The van der Waals surface area contributed by atoms with Gasteiger partial charge < -0.3 is 5.32 Å². The number of fused-ring (bicyclic) bond motifs is 1. The van der Waals surface area contributed by atoms with Crippen LogP contribution < -0.4 is 5.32 Å². The average Bonchev–Trinajstić information content (AvgIpc) is 2.70. The lowest BCUT2D eigenvalue weighted by Gasteiger charge is -2.11. The van der Waals surface area contributed by atoms with Crippen LogP contribution in [0.1, 0.15) is 18.5 Å². The van der Waals surface area contributed by atoms with Gasteiger partial charge in [0.15, 0.2) is 0 Å². The molecule has 0 bridgehead atoms. The van der Waals surface area contributed by atoms with Crippen LogP contribution in [0.5, 0.6) is 0 Å². The monoisotopic (exact) mass is 202 g/mol. The molecule has 2 aromatic heterocycles. The summed E-state index contributed by atoms with van der Waals surface area (Å²) in [5.41, 5.74) is 2.13. The first-order valence-electron chi connectivity index (χ1n) is 5.00. The van der Waals surface area contributed by atoms with E-state index in [1.54, 1.807) is 6.20 Å². The molecule has 15 heavy (non-hydrogen) atoms. The zero-order valence-corrected chi connectivity index (χ0v) is 8.72. The molecule has 0 radical (unpaired) electrons. The molecule has 0 amide bonds. The van der Waals surface area contributed by atoms with E-state index in [-0.39, 0.29) is 6.04 Å². The Morgan fingerprint density at radius 1 is 1.60 bits per heavy atom. The van der Waals surface area contributed by atoms with Crippen LogP contribution in [0.4, 0.5) is 0 Å². The number of hydrogen-bond donors (Lipinski definition) is 1. The molecule has 0 aromatic carbocycles. The number of likely N-dealkylation sites (N-methyl/N-ethyl adjacent to an activating group) is 1. The van der Waals surface area contributed by atoms with Crippen molar-refractivity contribution < 1.29 is 0 Å². The minimum Gasteiger partial charge on any atom is -0.307 e. The van der Waals surface area contributed by atoms with Gasteiger partial charge in [0.05, 0.1) is 24.0 Å². The third-order valence-electron chi connectivity index (χ3n) is 2.35. The van der Waals surface area contributed by atoms with Gasteiger partial charge in [-0.3, -0.25) is 4.98 Å². The average molecular weight is 202 g/mol. The van der Waals surface area contributed by atoms with Gasteiger partial charge in [-0.15, -0.1) is 6.58 Å². The highest BCUT2D eigenvalue weighted by Gasteiger charge is 2.11. The van der Waals surface area contributed by atoms with Gasteiger partial charge in [-0.2, -0.15) is 5.10 Å². The van der Waals surface area contributed by atoms with Crippen molar-refractivity contribution in [3.63, 3.8) is 0 Å². The minimum atomic E-state index is 0.136. The van der Waals surface area contributed by atoms with E-state index in [9.17, 15) is 0 Å². The van der Waals surface area contributed by atoms with Gasteiger partial charge in [-0.1, -0.05) is 13.0 Å². The fourth-order valence-corrected chi connectivity index (χ4v) is 1.63. The quantitative estimate of drug-likeness (QED) is 0.765. The van der Waals surface area contributed by atoms with Gasteiger partial charge in [-0.25, -0.2) is 4.52 Å². The van der Waals surface area contributed by atoms with E-state index in [2.05, 4.69) is 28.9 Å². The molecule has 0 saturated carbocycles. The Morgan fingerprint density at radius 2 is 2.47 bits per heavy atom. The van der Waals surface area contributed by atoms with E-state index in [0.29, 0.717) is 0 Å². The molecule has 1 N–H and O–H groups in total. The Bertz CT molecular complexity index is 460. The first kappa shape index (κ1) is 9.86. The number of hydrogen-bond acceptors (Lipinski definition) is 3. The van der Waals surface area contributed by atoms with E-state index < -0.39 is 0 Å². The summed E-state index contributed by atoms with van der Waals surface area (Å²) in [5.74, 6) is 0. The second kappa shape index (κ2) is 4.23. The molecule has 0 aliphatic rings. The zero-order valence-electron chi connectivity index (χ0n) is 8.72. The first-order chi connectivity index (χ1) is 7.36. The third-order valence-corrected chi connectivity index (χ3v) is 2.35. The van der Waals surface area contributed by atoms with Crippen LogP contribution in [0.3, 0.4) is 0 Å². The molecule has 78 valence electrons. The smallest absolute Gasteiger partial charge is 0.0895 e. The number of rotatable bonds is 4. The highest BCUT2D eigenvalue weighted by atomic mass is 15.2. The Kier molecular flexibility index (Phi) is 2.78. The highest BCUT2D eigenvalue weighted by Crippen LogP contribution is 2.18. The summed E-state index contributed by atoms with van der Waals surface area (Å²) in [7, 11) is 0. The van der Waals surface area contributed by atoms with Gasteiger partial charge >= 0.3 is 0 Å². The predicted octanol–water partition coefficient (Wildman–Crippen LogP) is 1.57. The number of nitrogens with one attached hydrogen (secondary N) is 1. The van der Waals surface area contributed by atoms with Gasteiger partial charge in [0.25, 0.3) is 0 Å². The van der Waals surface area contributed by atoms with Gasteiger partial charge in [0.2, 0.25) is 0 Å². The van der Waals surface area contributed by atoms with Crippen molar-refractivity contribution in [1.82, 2.24) is 19.9 Å². The molecule has 0 spiro atoms. The lowest BCUT2D eigenvalue weighted by Crippen LogP contribution is -2.18. The maximum Gasteiger partial charge on any atom is 0.0895 e. The van der Waals surface area contributed by atoms with Crippen molar-refractivity contribution >= 4 is 5.52 Å². The fourth-order valence-electron chi connectivity index (χ4n) is 1.63. The number of nitrogens with zero attached hydrogens (tertiary/aromatic N) is 3. The minimum absolute atomic E-state index is 0.136. The summed E-state index contributed by atoms with van der Waals surface area (Å²) < 4.78 is 1.82. The molecule has 4 heteroatoms. The van der Waals surface area contributed by atoms with E-state index in [1.165, 1.54) is 0 Å². The van der Waals surface area contributed by atoms with Crippen LogP contribution in [0.25, 0.3) is 5.52 Å². The highest BCUT2D eigenvalue weighted by molar-refractivity contribution is 5.54. The summed E-state index contributed by atoms with van der Waals surface area (Å²) in [6, 6.07) is 0.136. The van der Waals surface area contributed by atoms with Crippen molar-refractivity contribution in [2.24, 2.45) is 0 Å². The zero-order chi connectivity index (χ0) is 10.7. The van der Waals surface area contributed by atoms with Crippen molar-refractivity contribution in [2.45, 2.75) is 13.0 Å². The lowest BCUT2D eigenvalue weighted by molar-refractivity contribution is 0.652. The Balaban J connectivity index is 2.46. The van der Waals surface area contributed by atoms with E-state index >= 15 is 0 Å². The predicted molar refractivity (Wildman–Crippen MR) is 59.6 cm³/mol. The van der Waals surface area contributed by atoms with Crippen LogP contribution in [0.15, 0.2) is 37.4 Å². The Labute approximate surface area is 88.6 Å². The van der Waals surface area contributed by atoms with Gasteiger partial charge in [-0.05, 0) is 6.54 Å². The molecule has 0 aliphatic carbocycles. The maximum atomic E-state index is 4.26. The van der Waals surface area contributed by atoms with E-state index in [0.717, 1.165) is 17.6 Å². The maximum absolute atomic E-state index is 4.26. The molecule has 2 heterocycles. The van der Waals surface area contributed by atoms with Crippen molar-refractivity contribution in [3.8, 4) is 0 Å². The van der Waals surface area contributed by atoms with E-state index in [4.69, 9.17) is 0 Å². The molecule has 0 saturated heterocycles. The molecular formula is C11H14N4. The van der Waals surface area contributed by atoms with Crippen molar-refractivity contribution in [2.75, 3.05) is 6.54 Å². The summed E-state index contributed by atoms with van der Waals surface area (Å²) in [5, 5.41) is 7.59. The molecule has 2 aromatic rings. The lowest BCUT2D eigenvalue weighted by atomic mass is 10.1. The summed E-state index contributed by atoms with van der Waals surface area (Å²) in [6.45, 7) is 6.79. The summed E-state index contributed by atoms with van der Waals surface area (Å²) in [4.78, 5) is 4.10. The number of aromatic nitrogens is 3. The van der Waals surface area contributed by atoms with Crippen LogP contribution in [0, 0.1) is 0 Å². The largest absolute Gasteiger partial charge is 0.307 e. The second-order valence-electron chi connectivity index (χ2n) is 3.28. The molecule has 1 unspecified atom stereocenters. The SMILES string of the molecule is C=CC(NCC)c1cnn2ccncc12. The molecule has 0 fully saturated rings. The summed E-state index contributed by atoms with van der Waals surface area (Å²) in [6.07, 6.45) is 9.11. The normalized spacial score (nSPS) is 12.9. The Hall–Kier alpha value is -1.68. The third kappa shape index (κ3) is 1.76. The summed E-state index contributed by atoms with van der Waals surface area (Å²) >= 11 is 0. The fraction of sp³-hybridized carbons (Fsp3) is 0.273. The van der Waals surface area contributed by atoms with Crippen LogP contribution in [0.2, 0.25) is 0 Å². The van der Waals surface area contributed by atoms with Gasteiger partial charge in [0.1, 0.15) is 0 Å². The van der Waals surface area contributed by atoms with Crippen molar-refractivity contribution in [1.29, 1.82) is 0 Å². The van der Waals surface area contributed by atoms with Gasteiger partial charge in [0, 0.05) is 18.0 Å². The molecule has 1 atom stereocenters. The molecule has 4 nitrogen and oxygen atoms in total. The Morgan fingerprint density at radius 3 is 3.20 bits per heavy atom. The first-order valence-corrected chi connectivity index (χ1v) is 5.00. The van der Waals surface area contributed by atoms with Crippen LogP contribution >= 0.6 is 0 Å². The van der Waals surface area contributed by atoms with Crippen LogP contribution in [-0.2, 0) is 0 Å².